The molecule has 0 bridgehead atoms. The molecule has 0 aliphatic rings. The van der Waals surface area contributed by atoms with E-state index in [-0.39, 0.29) is 10.8 Å². The highest BCUT2D eigenvalue weighted by molar-refractivity contribution is 7.92. The van der Waals surface area contributed by atoms with Crippen LogP contribution in [0.4, 0.5) is 5.69 Å². The zero-order chi connectivity index (χ0) is 20.0. The lowest BCUT2D eigenvalue weighted by molar-refractivity contribution is 0.0951. The van der Waals surface area contributed by atoms with Gasteiger partial charge in [0.2, 0.25) is 0 Å². The number of nitrogens with two attached hydrogens (primary N) is 1. The van der Waals surface area contributed by atoms with Crippen molar-refractivity contribution in [1.29, 1.82) is 0 Å². The third-order valence-corrected chi connectivity index (χ3v) is 5.51. The molecule has 144 valence electrons. The normalized spacial score (nSPS) is 11.0. The second kappa shape index (κ2) is 8.69. The summed E-state index contributed by atoms with van der Waals surface area (Å²) in [6.45, 7) is 0.790. The maximum atomic E-state index is 12.4. The number of sulfonamides is 1. The van der Waals surface area contributed by atoms with Crippen molar-refractivity contribution in [2.24, 2.45) is 5.73 Å². The second-order valence-corrected chi connectivity index (χ2v) is 7.89. The minimum atomic E-state index is -3.71. The topological polar surface area (TPSA) is 101 Å². The third-order valence-electron chi connectivity index (χ3n) is 4.11. The molecule has 0 heterocycles. The number of carbonyl (C=O) groups is 1. The molecule has 0 spiro atoms. The van der Waals surface area contributed by atoms with Gasteiger partial charge in [-0.1, -0.05) is 48.5 Å². The fraction of sp³-hybridized carbons (Fsp3) is 0.0952. The Balaban J connectivity index is 1.69. The maximum absolute atomic E-state index is 12.4. The van der Waals surface area contributed by atoms with Gasteiger partial charge in [0.25, 0.3) is 15.9 Å². The molecular formula is C21H21N3O3S. The summed E-state index contributed by atoms with van der Waals surface area (Å²) >= 11 is 0. The summed E-state index contributed by atoms with van der Waals surface area (Å²) in [5.41, 5.74) is 8.25. The van der Waals surface area contributed by atoms with E-state index in [4.69, 9.17) is 5.73 Å². The van der Waals surface area contributed by atoms with E-state index < -0.39 is 10.0 Å². The number of benzene rings is 3. The number of carbonyl (C=O) groups excluding carboxylic acids is 1. The second-order valence-electron chi connectivity index (χ2n) is 6.21. The summed E-state index contributed by atoms with van der Waals surface area (Å²) in [7, 11) is -3.71. The first-order chi connectivity index (χ1) is 13.5. The molecule has 0 saturated heterocycles. The van der Waals surface area contributed by atoms with Crippen molar-refractivity contribution >= 4 is 21.6 Å². The summed E-state index contributed by atoms with van der Waals surface area (Å²) in [5, 5.41) is 2.83. The van der Waals surface area contributed by atoms with E-state index in [9.17, 15) is 13.2 Å². The van der Waals surface area contributed by atoms with E-state index in [2.05, 4.69) is 10.0 Å². The Hall–Kier alpha value is -3.16. The van der Waals surface area contributed by atoms with E-state index in [1.807, 2.05) is 24.3 Å². The molecule has 0 unspecified atom stereocenters. The Morgan fingerprint density at radius 1 is 0.857 bits per heavy atom. The van der Waals surface area contributed by atoms with Gasteiger partial charge < -0.3 is 11.1 Å². The quantitative estimate of drug-likeness (QED) is 0.572. The Labute approximate surface area is 164 Å². The van der Waals surface area contributed by atoms with Gasteiger partial charge in [-0.2, -0.15) is 0 Å². The van der Waals surface area contributed by atoms with Gasteiger partial charge in [0, 0.05) is 24.3 Å². The van der Waals surface area contributed by atoms with Crippen molar-refractivity contribution in [1.82, 2.24) is 5.32 Å². The fourth-order valence-corrected chi connectivity index (χ4v) is 3.76. The minimum absolute atomic E-state index is 0.157. The molecule has 3 aromatic carbocycles. The van der Waals surface area contributed by atoms with Crippen LogP contribution < -0.4 is 15.8 Å². The Morgan fingerprint density at radius 3 is 2.32 bits per heavy atom. The molecule has 0 saturated carbocycles. The van der Waals surface area contributed by atoms with E-state index in [1.165, 1.54) is 18.2 Å². The van der Waals surface area contributed by atoms with Crippen LogP contribution in [-0.2, 0) is 23.1 Å². The predicted molar refractivity (Wildman–Crippen MR) is 109 cm³/mol. The lowest BCUT2D eigenvalue weighted by Gasteiger charge is -2.10. The average molecular weight is 395 g/mol. The molecule has 0 atom stereocenters. The van der Waals surface area contributed by atoms with Gasteiger partial charge in [-0.15, -0.1) is 0 Å². The van der Waals surface area contributed by atoms with Crippen molar-refractivity contribution in [2.75, 3.05) is 4.72 Å². The van der Waals surface area contributed by atoms with Crippen LogP contribution in [0.15, 0.2) is 83.8 Å². The summed E-state index contributed by atoms with van der Waals surface area (Å²) in [4.78, 5) is 12.6. The molecule has 0 aliphatic heterocycles. The van der Waals surface area contributed by atoms with Crippen LogP contribution in [0.3, 0.4) is 0 Å². The van der Waals surface area contributed by atoms with Crippen molar-refractivity contribution in [2.45, 2.75) is 18.0 Å². The summed E-state index contributed by atoms with van der Waals surface area (Å²) < 4.78 is 27.4. The molecule has 28 heavy (non-hydrogen) atoms. The molecule has 0 fully saturated rings. The minimum Gasteiger partial charge on any atom is -0.348 e. The molecule has 6 nitrogen and oxygen atoms in total. The van der Waals surface area contributed by atoms with E-state index in [0.717, 1.165) is 11.1 Å². The largest absolute Gasteiger partial charge is 0.348 e. The van der Waals surface area contributed by atoms with Crippen LogP contribution in [0.5, 0.6) is 0 Å². The van der Waals surface area contributed by atoms with Crippen molar-refractivity contribution in [3.05, 3.63) is 95.6 Å². The standard InChI is InChI=1S/C21H21N3O3S/c22-14-16-6-4-7-17(12-16)15-23-21(25)18-8-5-9-19(13-18)24-28(26,27)20-10-2-1-3-11-20/h1-13,24H,14-15,22H2,(H,23,25). The number of hydrogen-bond acceptors (Lipinski definition) is 4. The molecular weight excluding hydrogens is 374 g/mol. The monoisotopic (exact) mass is 395 g/mol. The molecule has 4 N–H and O–H groups in total. The van der Waals surface area contributed by atoms with Crippen LogP contribution in [0.1, 0.15) is 21.5 Å². The highest BCUT2D eigenvalue weighted by atomic mass is 32.2. The molecule has 1 amide bonds. The summed E-state index contributed by atoms with van der Waals surface area (Å²) in [6, 6.07) is 22.1. The van der Waals surface area contributed by atoms with Crippen LogP contribution in [0, 0.1) is 0 Å². The van der Waals surface area contributed by atoms with Gasteiger partial charge in [0.15, 0.2) is 0 Å². The van der Waals surface area contributed by atoms with Gasteiger partial charge in [-0.25, -0.2) is 8.42 Å². The maximum Gasteiger partial charge on any atom is 0.261 e. The van der Waals surface area contributed by atoms with Crippen LogP contribution >= 0.6 is 0 Å². The van der Waals surface area contributed by atoms with Gasteiger partial charge in [-0.05, 0) is 41.5 Å². The first kappa shape index (κ1) is 19.6. The van der Waals surface area contributed by atoms with Crippen molar-refractivity contribution < 1.29 is 13.2 Å². The Morgan fingerprint density at radius 2 is 1.57 bits per heavy atom. The van der Waals surface area contributed by atoms with Crippen LogP contribution in [0.2, 0.25) is 0 Å². The van der Waals surface area contributed by atoms with E-state index >= 15 is 0 Å². The Kier molecular flexibility index (Phi) is 6.08. The number of hydrogen-bond donors (Lipinski definition) is 3. The van der Waals surface area contributed by atoms with Crippen molar-refractivity contribution in [3.63, 3.8) is 0 Å². The SMILES string of the molecule is NCc1cccc(CNC(=O)c2cccc(NS(=O)(=O)c3ccccc3)c2)c1. The predicted octanol–water partition coefficient (Wildman–Crippen LogP) is 2.88. The molecule has 3 aromatic rings. The van der Waals surface area contributed by atoms with Crippen molar-refractivity contribution in [3.8, 4) is 0 Å². The fourth-order valence-electron chi connectivity index (χ4n) is 2.69. The number of rotatable bonds is 7. The average Bonchev–Trinajstić information content (AvgIpc) is 2.72. The first-order valence-corrected chi connectivity index (χ1v) is 10.2. The highest BCUT2D eigenvalue weighted by Crippen LogP contribution is 2.17. The molecule has 0 aliphatic carbocycles. The molecule has 3 rings (SSSR count). The van der Waals surface area contributed by atoms with Gasteiger partial charge in [0.05, 0.1) is 4.90 Å². The summed E-state index contributed by atoms with van der Waals surface area (Å²) in [6.07, 6.45) is 0. The molecule has 0 radical (unpaired) electrons. The number of anilines is 1. The zero-order valence-electron chi connectivity index (χ0n) is 15.1. The number of amides is 1. The van der Waals surface area contributed by atoms with E-state index in [1.54, 1.807) is 36.4 Å². The zero-order valence-corrected chi connectivity index (χ0v) is 15.9. The first-order valence-electron chi connectivity index (χ1n) is 8.72. The lowest BCUT2D eigenvalue weighted by Crippen LogP contribution is -2.23. The third kappa shape index (κ3) is 4.97. The molecule has 0 aromatic heterocycles. The lowest BCUT2D eigenvalue weighted by atomic mass is 10.1. The number of nitrogens with one attached hydrogen (secondary N) is 2. The smallest absolute Gasteiger partial charge is 0.261 e. The van der Waals surface area contributed by atoms with Crippen LogP contribution in [-0.4, -0.2) is 14.3 Å². The highest BCUT2D eigenvalue weighted by Gasteiger charge is 2.14. The molecule has 7 heteroatoms. The van der Waals surface area contributed by atoms with Gasteiger partial charge in [-0.3, -0.25) is 9.52 Å². The van der Waals surface area contributed by atoms with Gasteiger partial charge in [0.1, 0.15) is 0 Å². The Bertz CT molecular complexity index is 1070. The summed E-state index contributed by atoms with van der Waals surface area (Å²) in [5.74, 6) is -0.293. The van der Waals surface area contributed by atoms with Crippen LogP contribution in [0.25, 0.3) is 0 Å². The van der Waals surface area contributed by atoms with E-state index in [0.29, 0.717) is 24.3 Å². The van der Waals surface area contributed by atoms with Gasteiger partial charge >= 0.3 is 0 Å².